The molecule has 1 N–H and O–H groups in total. The van der Waals surface area contributed by atoms with Crippen molar-refractivity contribution in [3.05, 3.63) is 71.8 Å². The van der Waals surface area contributed by atoms with Gasteiger partial charge in [-0.1, -0.05) is 60.7 Å². The van der Waals surface area contributed by atoms with Gasteiger partial charge in [0.1, 0.15) is 24.7 Å². The zero-order valence-corrected chi connectivity index (χ0v) is 21.3. The van der Waals surface area contributed by atoms with Crippen molar-refractivity contribution in [1.29, 1.82) is 0 Å². The molecular weight excluding hydrogens is 464 g/mol. The molecule has 8 heteroatoms. The Balaban J connectivity index is 1.46. The van der Waals surface area contributed by atoms with Crippen molar-refractivity contribution in [1.82, 2.24) is 9.80 Å². The SMILES string of the molecule is CC(C)N(Cc1ccccc1)C(=O)[C@@H](O)[C@@H]1C(=O)N2[C@@H]1SC(C)(C)[C@@H]2C(=O)OCc1ccccc1. The third-order valence-corrected chi connectivity index (χ3v) is 8.22. The first-order valence-electron chi connectivity index (χ1n) is 11.8. The summed E-state index contributed by atoms with van der Waals surface area (Å²) in [7, 11) is 0. The number of rotatable bonds is 8. The number of amides is 2. The number of hydrogen-bond donors (Lipinski definition) is 1. The zero-order chi connectivity index (χ0) is 25.3. The summed E-state index contributed by atoms with van der Waals surface area (Å²) in [5.41, 5.74) is 1.81. The van der Waals surface area contributed by atoms with Crippen LogP contribution in [0.3, 0.4) is 0 Å². The van der Waals surface area contributed by atoms with Crippen molar-refractivity contribution in [2.75, 3.05) is 0 Å². The van der Waals surface area contributed by atoms with Gasteiger partial charge in [-0.15, -0.1) is 11.8 Å². The highest BCUT2D eigenvalue weighted by atomic mass is 32.2. The van der Waals surface area contributed by atoms with Crippen LogP contribution in [0.25, 0.3) is 0 Å². The number of carbonyl (C=O) groups excluding carboxylic acids is 3. The van der Waals surface area contributed by atoms with Gasteiger partial charge in [-0.25, -0.2) is 4.79 Å². The number of aliphatic hydroxyl groups is 1. The molecular formula is C27H32N2O5S. The van der Waals surface area contributed by atoms with Gasteiger partial charge in [0.2, 0.25) is 5.91 Å². The van der Waals surface area contributed by atoms with Crippen LogP contribution in [-0.4, -0.2) is 61.0 Å². The van der Waals surface area contributed by atoms with E-state index in [2.05, 4.69) is 0 Å². The Morgan fingerprint density at radius 3 is 2.20 bits per heavy atom. The van der Waals surface area contributed by atoms with Crippen molar-refractivity contribution < 1.29 is 24.2 Å². The van der Waals surface area contributed by atoms with Crippen LogP contribution >= 0.6 is 11.8 Å². The molecule has 0 spiro atoms. The predicted molar refractivity (Wildman–Crippen MR) is 134 cm³/mol. The second-order valence-electron chi connectivity index (χ2n) is 9.87. The molecule has 2 fully saturated rings. The van der Waals surface area contributed by atoms with Crippen LogP contribution in [0.15, 0.2) is 60.7 Å². The molecule has 7 nitrogen and oxygen atoms in total. The van der Waals surface area contributed by atoms with E-state index in [9.17, 15) is 19.5 Å². The average molecular weight is 497 g/mol. The number of hydrogen-bond acceptors (Lipinski definition) is 6. The van der Waals surface area contributed by atoms with E-state index >= 15 is 0 Å². The summed E-state index contributed by atoms with van der Waals surface area (Å²) in [6.45, 7) is 8.01. The molecule has 186 valence electrons. The standard InChI is InChI=1S/C27H32N2O5S/c1-17(2)28(15-18-11-7-5-8-12-18)24(32)21(30)20-23(31)29-22(27(3,4)35-25(20)29)26(33)34-16-19-13-9-6-10-14-19/h5-14,17,20-22,25,30H,15-16H2,1-4H3/t20-,21+,22+,25-/m1/s1. The molecule has 4 rings (SSSR count). The van der Waals surface area contributed by atoms with Gasteiger partial charge in [-0.05, 0) is 38.8 Å². The molecule has 0 aliphatic carbocycles. The van der Waals surface area contributed by atoms with Crippen molar-refractivity contribution in [2.45, 2.75) is 69.2 Å². The second-order valence-corrected chi connectivity index (χ2v) is 11.6. The van der Waals surface area contributed by atoms with Crippen LogP contribution in [0.5, 0.6) is 0 Å². The molecule has 2 aromatic rings. The fourth-order valence-corrected chi connectivity index (χ4v) is 6.45. The van der Waals surface area contributed by atoms with Gasteiger partial charge >= 0.3 is 5.97 Å². The molecule has 35 heavy (non-hydrogen) atoms. The first kappa shape index (κ1) is 25.3. The monoisotopic (exact) mass is 496 g/mol. The maximum Gasteiger partial charge on any atom is 0.330 e. The summed E-state index contributed by atoms with van der Waals surface area (Å²) in [4.78, 5) is 42.6. The molecule has 2 aliphatic heterocycles. The lowest BCUT2D eigenvalue weighted by Gasteiger charge is -2.46. The second kappa shape index (κ2) is 10.0. The van der Waals surface area contributed by atoms with Crippen molar-refractivity contribution in [3.63, 3.8) is 0 Å². The van der Waals surface area contributed by atoms with Crippen LogP contribution < -0.4 is 0 Å². The molecule has 2 aliphatic rings. The normalized spacial score (nSPS) is 23.4. The molecule has 2 heterocycles. The van der Waals surface area contributed by atoms with Gasteiger partial charge in [-0.3, -0.25) is 9.59 Å². The average Bonchev–Trinajstić information content (AvgIpc) is 3.08. The van der Waals surface area contributed by atoms with Crippen molar-refractivity contribution >= 4 is 29.5 Å². The summed E-state index contributed by atoms with van der Waals surface area (Å²) in [5, 5.41) is 10.6. The van der Waals surface area contributed by atoms with Gasteiger partial charge in [0.15, 0.2) is 0 Å². The number of esters is 1. The molecule has 0 saturated carbocycles. The number of carbonyl (C=O) groups is 3. The number of fused-ring (bicyclic) bond motifs is 1. The topological polar surface area (TPSA) is 87.2 Å². The Hall–Kier alpha value is -2.84. The Labute approximate surface area is 210 Å². The third-order valence-electron chi connectivity index (χ3n) is 6.62. The first-order chi connectivity index (χ1) is 16.6. The quantitative estimate of drug-likeness (QED) is 0.446. The number of β-lactam (4-membered cyclic amide) rings is 1. The number of aliphatic hydroxyl groups excluding tert-OH is 1. The smallest absolute Gasteiger partial charge is 0.330 e. The first-order valence-corrected chi connectivity index (χ1v) is 12.7. The zero-order valence-electron chi connectivity index (χ0n) is 20.5. The minimum Gasteiger partial charge on any atom is -0.459 e. The van der Waals surface area contributed by atoms with E-state index in [-0.39, 0.29) is 18.6 Å². The van der Waals surface area contributed by atoms with Crippen LogP contribution in [0.2, 0.25) is 0 Å². The van der Waals surface area contributed by atoms with Crippen LogP contribution in [0.1, 0.15) is 38.8 Å². The van der Waals surface area contributed by atoms with Crippen molar-refractivity contribution in [3.8, 4) is 0 Å². The lowest BCUT2D eigenvalue weighted by Crippen LogP contribution is -2.67. The van der Waals surface area contributed by atoms with Gasteiger partial charge in [0.05, 0.1) is 5.37 Å². The number of thioether (sulfide) groups is 1. The van der Waals surface area contributed by atoms with Crippen molar-refractivity contribution in [2.24, 2.45) is 5.92 Å². The van der Waals surface area contributed by atoms with Crippen LogP contribution in [0, 0.1) is 5.92 Å². The maximum absolute atomic E-state index is 13.3. The molecule has 4 atom stereocenters. The van der Waals surface area contributed by atoms with E-state index in [0.29, 0.717) is 6.54 Å². The highest BCUT2D eigenvalue weighted by Crippen LogP contribution is 2.54. The highest BCUT2D eigenvalue weighted by molar-refractivity contribution is 8.01. The van der Waals surface area contributed by atoms with Gasteiger partial charge < -0.3 is 19.6 Å². The number of ether oxygens (including phenoxy) is 1. The fraction of sp³-hybridized carbons (Fsp3) is 0.444. The summed E-state index contributed by atoms with van der Waals surface area (Å²) in [5.74, 6) is -2.24. The molecule has 0 aromatic heterocycles. The summed E-state index contributed by atoms with van der Waals surface area (Å²) < 4.78 is 4.93. The van der Waals surface area contributed by atoms with E-state index in [1.165, 1.54) is 16.7 Å². The van der Waals surface area contributed by atoms with E-state index in [1.54, 1.807) is 4.90 Å². The predicted octanol–water partition coefficient (Wildman–Crippen LogP) is 3.21. The lowest BCUT2D eigenvalue weighted by atomic mass is 9.87. The van der Waals surface area contributed by atoms with E-state index in [0.717, 1.165) is 11.1 Å². The fourth-order valence-electron chi connectivity index (χ4n) is 4.74. The summed E-state index contributed by atoms with van der Waals surface area (Å²) in [6, 6.07) is 18.0. The largest absolute Gasteiger partial charge is 0.459 e. The number of benzene rings is 2. The Bertz CT molecular complexity index is 1080. The molecule has 0 radical (unpaired) electrons. The van der Waals surface area contributed by atoms with Gasteiger partial charge in [-0.2, -0.15) is 0 Å². The Kier molecular flexibility index (Phi) is 7.24. The Morgan fingerprint density at radius 1 is 1.06 bits per heavy atom. The summed E-state index contributed by atoms with van der Waals surface area (Å²) >= 11 is 1.43. The minimum absolute atomic E-state index is 0.122. The molecule has 0 bridgehead atoms. The minimum atomic E-state index is -1.47. The van der Waals surface area contributed by atoms with Crippen LogP contribution in [-0.2, 0) is 32.3 Å². The highest BCUT2D eigenvalue weighted by Gasteiger charge is 2.66. The lowest BCUT2D eigenvalue weighted by molar-refractivity contribution is -0.176. The molecule has 2 saturated heterocycles. The van der Waals surface area contributed by atoms with E-state index in [4.69, 9.17) is 4.74 Å². The third kappa shape index (κ3) is 4.95. The van der Waals surface area contributed by atoms with Gasteiger partial charge in [0.25, 0.3) is 5.91 Å². The Morgan fingerprint density at radius 2 is 1.63 bits per heavy atom. The molecule has 2 aromatic carbocycles. The van der Waals surface area contributed by atoms with E-state index < -0.39 is 40.1 Å². The van der Waals surface area contributed by atoms with Gasteiger partial charge in [0, 0.05) is 17.3 Å². The maximum atomic E-state index is 13.3. The summed E-state index contributed by atoms with van der Waals surface area (Å²) in [6.07, 6.45) is -1.47. The van der Waals surface area contributed by atoms with Crippen LogP contribution in [0.4, 0.5) is 0 Å². The molecule has 2 amide bonds. The number of nitrogens with zero attached hydrogens (tertiary/aromatic N) is 2. The van der Waals surface area contributed by atoms with E-state index in [1.807, 2.05) is 88.4 Å². The molecule has 0 unspecified atom stereocenters.